The van der Waals surface area contributed by atoms with Crippen molar-refractivity contribution in [3.63, 3.8) is 0 Å². The molecule has 0 aromatic heterocycles. The Morgan fingerprint density at radius 3 is 2.36 bits per heavy atom. The maximum Gasteiger partial charge on any atom is 0.255 e. The summed E-state index contributed by atoms with van der Waals surface area (Å²) in [6, 6.07) is 11.4. The van der Waals surface area contributed by atoms with Crippen LogP contribution in [-0.4, -0.2) is 37.5 Å². The van der Waals surface area contributed by atoms with E-state index in [-0.39, 0.29) is 16.2 Å². The molecular formula is C21H24N2O4S. The van der Waals surface area contributed by atoms with E-state index in [1.807, 2.05) is 0 Å². The van der Waals surface area contributed by atoms with E-state index in [4.69, 9.17) is 0 Å². The number of amides is 1. The number of ketones is 1. The Bertz CT molecular complexity index is 1010. The SMILES string of the molecule is CC(=O)c1ccccc1NC(=O)c1ccc(C)c(S(=O)(=O)N2CCCCC2)c1. The molecule has 148 valence electrons. The molecule has 6 nitrogen and oxygen atoms in total. The van der Waals surface area contributed by atoms with Crippen LogP contribution in [0, 0.1) is 6.92 Å². The van der Waals surface area contributed by atoms with Gasteiger partial charge in [0.25, 0.3) is 5.91 Å². The number of nitrogens with zero attached hydrogens (tertiary/aromatic N) is 1. The molecule has 2 aromatic carbocycles. The van der Waals surface area contributed by atoms with Crippen molar-refractivity contribution in [1.29, 1.82) is 0 Å². The van der Waals surface area contributed by atoms with Crippen molar-refractivity contribution in [2.24, 2.45) is 0 Å². The molecule has 1 N–H and O–H groups in total. The minimum absolute atomic E-state index is 0.155. The number of nitrogens with one attached hydrogen (secondary N) is 1. The van der Waals surface area contributed by atoms with Gasteiger partial charge in [-0.1, -0.05) is 24.6 Å². The molecule has 0 radical (unpaired) electrons. The number of Topliss-reactive ketones (excluding diaryl/α,β-unsaturated/α-hetero) is 1. The normalized spacial score (nSPS) is 15.2. The van der Waals surface area contributed by atoms with Crippen LogP contribution in [0.3, 0.4) is 0 Å². The molecule has 0 bridgehead atoms. The van der Waals surface area contributed by atoms with Gasteiger partial charge in [0.05, 0.1) is 10.6 Å². The highest BCUT2D eigenvalue weighted by Gasteiger charge is 2.28. The summed E-state index contributed by atoms with van der Waals surface area (Å²) >= 11 is 0. The lowest BCUT2D eigenvalue weighted by atomic mass is 10.1. The summed E-state index contributed by atoms with van der Waals surface area (Å²) in [6.45, 7) is 4.16. The number of anilines is 1. The Hall–Kier alpha value is -2.51. The number of sulfonamides is 1. The highest BCUT2D eigenvalue weighted by atomic mass is 32.2. The number of hydrogen-bond acceptors (Lipinski definition) is 4. The van der Waals surface area contributed by atoms with Crippen LogP contribution in [0.15, 0.2) is 47.4 Å². The van der Waals surface area contributed by atoms with Crippen molar-refractivity contribution in [3.8, 4) is 0 Å². The van der Waals surface area contributed by atoms with Gasteiger partial charge in [0, 0.05) is 24.2 Å². The lowest BCUT2D eigenvalue weighted by Crippen LogP contribution is -2.36. The van der Waals surface area contributed by atoms with Gasteiger partial charge in [0.1, 0.15) is 0 Å². The number of rotatable bonds is 5. The molecule has 1 amide bonds. The minimum atomic E-state index is -3.64. The molecule has 0 spiro atoms. The number of aryl methyl sites for hydroxylation is 1. The zero-order valence-electron chi connectivity index (χ0n) is 16.1. The highest BCUT2D eigenvalue weighted by Crippen LogP contribution is 2.25. The Morgan fingerprint density at radius 1 is 1.00 bits per heavy atom. The molecule has 0 unspecified atom stereocenters. The van der Waals surface area contributed by atoms with E-state index in [1.54, 1.807) is 43.3 Å². The minimum Gasteiger partial charge on any atom is -0.321 e. The first-order chi connectivity index (χ1) is 13.3. The van der Waals surface area contributed by atoms with Crippen LogP contribution in [0.1, 0.15) is 52.5 Å². The number of para-hydroxylation sites is 1. The van der Waals surface area contributed by atoms with Crippen molar-refractivity contribution in [3.05, 3.63) is 59.2 Å². The fourth-order valence-corrected chi connectivity index (χ4v) is 5.13. The highest BCUT2D eigenvalue weighted by molar-refractivity contribution is 7.89. The molecule has 0 saturated carbocycles. The van der Waals surface area contributed by atoms with E-state index in [9.17, 15) is 18.0 Å². The summed E-state index contributed by atoms with van der Waals surface area (Å²) in [7, 11) is -3.64. The molecule has 1 heterocycles. The summed E-state index contributed by atoms with van der Waals surface area (Å²) in [5.74, 6) is -0.614. The number of hydrogen-bond donors (Lipinski definition) is 1. The molecule has 1 aliphatic rings. The van der Waals surface area contributed by atoms with Gasteiger partial charge in [0.2, 0.25) is 10.0 Å². The van der Waals surface area contributed by atoms with Gasteiger partial charge in [-0.2, -0.15) is 4.31 Å². The lowest BCUT2D eigenvalue weighted by Gasteiger charge is -2.26. The van der Waals surface area contributed by atoms with Crippen molar-refractivity contribution in [2.75, 3.05) is 18.4 Å². The summed E-state index contributed by atoms with van der Waals surface area (Å²) in [6.07, 6.45) is 2.73. The maximum atomic E-state index is 13.0. The zero-order valence-corrected chi connectivity index (χ0v) is 16.9. The second-order valence-corrected chi connectivity index (χ2v) is 8.91. The van der Waals surface area contributed by atoms with Gasteiger partial charge >= 0.3 is 0 Å². The molecule has 3 rings (SSSR count). The first kappa shape index (κ1) is 20.2. The average Bonchev–Trinajstić information content (AvgIpc) is 2.69. The third-order valence-corrected chi connectivity index (χ3v) is 6.98. The van der Waals surface area contributed by atoms with Crippen LogP contribution in [-0.2, 0) is 10.0 Å². The monoisotopic (exact) mass is 400 g/mol. The number of benzene rings is 2. The molecule has 0 atom stereocenters. The van der Waals surface area contributed by atoms with Crippen LogP contribution in [0.4, 0.5) is 5.69 Å². The third-order valence-electron chi connectivity index (χ3n) is 4.94. The fraction of sp³-hybridized carbons (Fsp3) is 0.333. The van der Waals surface area contributed by atoms with Crippen LogP contribution in [0.2, 0.25) is 0 Å². The molecule has 2 aromatic rings. The number of carbonyl (C=O) groups is 2. The second-order valence-electron chi connectivity index (χ2n) is 7.00. The van der Waals surface area contributed by atoms with Crippen LogP contribution >= 0.6 is 0 Å². The molecule has 1 aliphatic heterocycles. The smallest absolute Gasteiger partial charge is 0.255 e. The first-order valence-electron chi connectivity index (χ1n) is 9.33. The van der Waals surface area contributed by atoms with Crippen molar-refractivity contribution >= 4 is 27.4 Å². The standard InChI is InChI=1S/C21H24N2O4S/c1-15-10-11-17(14-20(15)28(26,27)23-12-6-3-7-13-23)21(25)22-19-9-5-4-8-18(19)16(2)24/h4-5,8-11,14H,3,6-7,12-13H2,1-2H3,(H,22,25). The van der Waals surface area contributed by atoms with Gasteiger partial charge in [-0.05, 0) is 56.5 Å². The number of piperidine rings is 1. The Labute approximate surface area is 165 Å². The summed E-state index contributed by atoms with van der Waals surface area (Å²) in [4.78, 5) is 24.6. The van der Waals surface area contributed by atoms with E-state index >= 15 is 0 Å². The van der Waals surface area contributed by atoms with Crippen molar-refractivity contribution in [2.45, 2.75) is 38.0 Å². The van der Waals surface area contributed by atoms with E-state index in [0.717, 1.165) is 19.3 Å². The predicted molar refractivity (Wildman–Crippen MR) is 108 cm³/mol. The Kier molecular flexibility index (Phi) is 5.96. The van der Waals surface area contributed by atoms with Crippen LogP contribution in [0.5, 0.6) is 0 Å². The molecule has 1 fully saturated rings. The summed E-state index contributed by atoms with van der Waals surface area (Å²) in [5.41, 5.74) is 1.65. The first-order valence-corrected chi connectivity index (χ1v) is 10.8. The number of carbonyl (C=O) groups excluding carboxylic acids is 2. The Morgan fingerprint density at radius 2 is 1.68 bits per heavy atom. The van der Waals surface area contributed by atoms with E-state index in [0.29, 0.717) is 29.9 Å². The fourth-order valence-electron chi connectivity index (χ4n) is 3.36. The Balaban J connectivity index is 1.91. The molecule has 1 saturated heterocycles. The van der Waals surface area contributed by atoms with E-state index in [2.05, 4.69) is 5.32 Å². The lowest BCUT2D eigenvalue weighted by molar-refractivity contribution is 0.101. The summed E-state index contributed by atoms with van der Waals surface area (Å²) in [5, 5.41) is 2.72. The summed E-state index contributed by atoms with van der Waals surface area (Å²) < 4.78 is 27.6. The van der Waals surface area contributed by atoms with Crippen molar-refractivity contribution in [1.82, 2.24) is 4.31 Å². The molecule has 0 aliphatic carbocycles. The average molecular weight is 401 g/mol. The molecular weight excluding hydrogens is 376 g/mol. The predicted octanol–water partition coefficient (Wildman–Crippen LogP) is 3.62. The quantitative estimate of drug-likeness (QED) is 0.777. The van der Waals surface area contributed by atoms with Gasteiger partial charge < -0.3 is 5.32 Å². The van der Waals surface area contributed by atoms with Gasteiger partial charge in [0.15, 0.2) is 5.78 Å². The second kappa shape index (κ2) is 8.24. The maximum absolute atomic E-state index is 13.0. The van der Waals surface area contributed by atoms with Gasteiger partial charge in [-0.3, -0.25) is 9.59 Å². The van der Waals surface area contributed by atoms with Crippen LogP contribution in [0.25, 0.3) is 0 Å². The zero-order chi connectivity index (χ0) is 20.3. The molecule has 28 heavy (non-hydrogen) atoms. The van der Waals surface area contributed by atoms with Gasteiger partial charge in [-0.25, -0.2) is 8.42 Å². The van der Waals surface area contributed by atoms with E-state index < -0.39 is 15.9 Å². The van der Waals surface area contributed by atoms with Crippen molar-refractivity contribution < 1.29 is 18.0 Å². The van der Waals surface area contributed by atoms with Crippen LogP contribution < -0.4 is 5.32 Å². The molecule has 7 heteroatoms. The van der Waals surface area contributed by atoms with E-state index in [1.165, 1.54) is 17.3 Å². The third kappa shape index (κ3) is 4.15. The topological polar surface area (TPSA) is 83.5 Å². The van der Waals surface area contributed by atoms with Gasteiger partial charge in [-0.15, -0.1) is 0 Å². The largest absolute Gasteiger partial charge is 0.321 e.